The molecule has 8 heteroatoms. The highest BCUT2D eigenvalue weighted by Gasteiger charge is 2.22. The fourth-order valence-electron chi connectivity index (χ4n) is 2.02. The first-order valence-electron chi connectivity index (χ1n) is 6.79. The third-order valence-electron chi connectivity index (χ3n) is 3.12. The van der Waals surface area contributed by atoms with Gasteiger partial charge < -0.3 is 5.32 Å². The number of benzene rings is 2. The van der Waals surface area contributed by atoms with E-state index in [1.165, 1.54) is 35.7 Å². The van der Waals surface area contributed by atoms with Gasteiger partial charge in [0.15, 0.2) is 0 Å². The number of rotatable bonds is 4. The van der Waals surface area contributed by atoms with Gasteiger partial charge in [0.1, 0.15) is 4.32 Å². The lowest BCUT2D eigenvalue weighted by Gasteiger charge is -2.06. The van der Waals surface area contributed by atoms with Crippen LogP contribution in [0.4, 0.5) is 5.69 Å². The number of hydrogen-bond acceptors (Lipinski definition) is 6. The molecule has 0 bridgehead atoms. The number of nitro groups is 1. The third-order valence-corrected chi connectivity index (χ3v) is 5.39. The molecular formula is C16H10N2O3S3. The van der Waals surface area contributed by atoms with Gasteiger partial charge in [-0.3, -0.25) is 14.9 Å². The fraction of sp³-hybridized carbons (Fsp3) is 0. The second-order valence-electron chi connectivity index (χ2n) is 4.74. The number of carbonyl (C=O) groups excluding carboxylic acids is 1. The molecule has 0 saturated carbocycles. The van der Waals surface area contributed by atoms with Crippen molar-refractivity contribution in [2.24, 2.45) is 0 Å². The van der Waals surface area contributed by atoms with E-state index < -0.39 is 4.92 Å². The maximum atomic E-state index is 11.8. The molecule has 0 atom stereocenters. The van der Waals surface area contributed by atoms with Crippen LogP contribution >= 0.6 is 35.7 Å². The van der Waals surface area contributed by atoms with Gasteiger partial charge in [0.05, 0.1) is 9.83 Å². The van der Waals surface area contributed by atoms with E-state index in [1.54, 1.807) is 18.2 Å². The van der Waals surface area contributed by atoms with Crippen LogP contribution < -0.4 is 5.32 Å². The molecule has 24 heavy (non-hydrogen) atoms. The molecular weight excluding hydrogens is 364 g/mol. The summed E-state index contributed by atoms with van der Waals surface area (Å²) in [5, 5.41) is 13.3. The summed E-state index contributed by atoms with van der Waals surface area (Å²) in [5.74, 6) is -0.194. The van der Waals surface area contributed by atoms with Crippen LogP contribution in [0.25, 0.3) is 6.08 Å². The quantitative estimate of drug-likeness (QED) is 0.374. The number of carbonyl (C=O) groups is 1. The fourth-order valence-corrected chi connectivity index (χ4v) is 3.97. The molecule has 1 amide bonds. The second kappa shape index (κ2) is 7.16. The highest BCUT2D eigenvalue weighted by Crippen LogP contribution is 2.34. The highest BCUT2D eigenvalue weighted by atomic mass is 32.2. The Bertz CT molecular complexity index is 863. The average molecular weight is 374 g/mol. The molecule has 5 nitrogen and oxygen atoms in total. The molecule has 1 heterocycles. The minimum atomic E-state index is -0.425. The topological polar surface area (TPSA) is 72.2 Å². The second-order valence-corrected chi connectivity index (χ2v) is 7.58. The molecule has 0 spiro atoms. The molecule has 0 aromatic heterocycles. The number of thioether (sulfide) groups is 1. The molecule has 1 saturated heterocycles. The number of hydrogen-bond donors (Lipinski definition) is 1. The van der Waals surface area contributed by atoms with Crippen LogP contribution in [0.15, 0.2) is 63.2 Å². The number of amides is 1. The van der Waals surface area contributed by atoms with Crippen molar-refractivity contribution in [1.29, 1.82) is 0 Å². The van der Waals surface area contributed by atoms with Crippen molar-refractivity contribution in [1.82, 2.24) is 5.32 Å². The highest BCUT2D eigenvalue weighted by molar-refractivity contribution is 8.26. The van der Waals surface area contributed by atoms with E-state index in [2.05, 4.69) is 5.32 Å². The first-order valence-corrected chi connectivity index (χ1v) is 8.83. The minimum absolute atomic E-state index is 0.0577. The molecule has 120 valence electrons. The monoisotopic (exact) mass is 374 g/mol. The maximum absolute atomic E-state index is 11.8. The van der Waals surface area contributed by atoms with Crippen LogP contribution in [0.3, 0.4) is 0 Å². The van der Waals surface area contributed by atoms with Crippen LogP contribution in [0.1, 0.15) is 5.56 Å². The van der Waals surface area contributed by atoms with Crippen molar-refractivity contribution in [3.8, 4) is 0 Å². The molecule has 3 rings (SSSR count). The first kappa shape index (κ1) is 16.7. The summed E-state index contributed by atoms with van der Waals surface area (Å²) in [6, 6.07) is 14.0. The lowest BCUT2D eigenvalue weighted by atomic mass is 10.2. The van der Waals surface area contributed by atoms with Crippen molar-refractivity contribution in [3.05, 3.63) is 69.1 Å². The van der Waals surface area contributed by atoms with E-state index in [0.29, 0.717) is 9.23 Å². The smallest absolute Gasteiger partial charge is 0.269 e. The van der Waals surface area contributed by atoms with Gasteiger partial charge in [0, 0.05) is 21.9 Å². The van der Waals surface area contributed by atoms with Gasteiger partial charge in [-0.25, -0.2) is 0 Å². The van der Waals surface area contributed by atoms with Crippen molar-refractivity contribution in [2.75, 3.05) is 0 Å². The number of non-ortho nitro benzene ring substituents is 1. The van der Waals surface area contributed by atoms with Gasteiger partial charge in [0.2, 0.25) is 0 Å². The minimum Gasteiger partial charge on any atom is -0.307 e. The number of nitro benzene ring substituents is 1. The summed E-state index contributed by atoms with van der Waals surface area (Å²) in [6.45, 7) is 0. The van der Waals surface area contributed by atoms with Gasteiger partial charge >= 0.3 is 0 Å². The molecule has 1 aliphatic heterocycles. The van der Waals surface area contributed by atoms with E-state index in [-0.39, 0.29) is 11.6 Å². The zero-order valence-electron chi connectivity index (χ0n) is 12.1. The van der Waals surface area contributed by atoms with Crippen molar-refractivity contribution < 1.29 is 9.72 Å². The Morgan fingerprint density at radius 1 is 1.17 bits per heavy atom. The van der Waals surface area contributed by atoms with Crippen LogP contribution in [-0.4, -0.2) is 15.2 Å². The standard InChI is InChI=1S/C16H10N2O3S3/c19-15-14(24-16(22)17-15)9-10-3-1-2-4-13(10)23-12-7-5-11(6-8-12)18(20)21/h1-9H,(H,17,19,22). The predicted octanol–water partition coefficient (Wildman–Crippen LogP) is 4.23. The Balaban J connectivity index is 1.87. The molecule has 0 aliphatic carbocycles. The molecule has 1 aliphatic rings. The zero-order valence-corrected chi connectivity index (χ0v) is 14.5. The SMILES string of the molecule is O=C1NC(=S)SC1=Cc1ccccc1Sc1ccc([N+](=O)[O-])cc1. The largest absolute Gasteiger partial charge is 0.307 e. The van der Waals surface area contributed by atoms with E-state index in [0.717, 1.165) is 15.4 Å². The lowest BCUT2D eigenvalue weighted by Crippen LogP contribution is -2.17. The van der Waals surface area contributed by atoms with Gasteiger partial charge in [-0.1, -0.05) is 53.9 Å². The Morgan fingerprint density at radius 2 is 1.88 bits per heavy atom. The van der Waals surface area contributed by atoms with Crippen LogP contribution in [-0.2, 0) is 4.79 Å². The summed E-state index contributed by atoms with van der Waals surface area (Å²) in [7, 11) is 0. The van der Waals surface area contributed by atoms with Crippen LogP contribution in [0.2, 0.25) is 0 Å². The van der Waals surface area contributed by atoms with E-state index in [4.69, 9.17) is 12.2 Å². The summed E-state index contributed by atoms with van der Waals surface area (Å²) < 4.78 is 0.451. The number of nitrogens with zero attached hydrogens (tertiary/aromatic N) is 1. The van der Waals surface area contributed by atoms with Gasteiger partial charge in [0.25, 0.3) is 11.6 Å². The molecule has 2 aromatic rings. The van der Waals surface area contributed by atoms with E-state index >= 15 is 0 Å². The Morgan fingerprint density at radius 3 is 2.50 bits per heavy atom. The van der Waals surface area contributed by atoms with Gasteiger partial charge in [-0.2, -0.15) is 0 Å². The molecule has 0 radical (unpaired) electrons. The van der Waals surface area contributed by atoms with Gasteiger partial charge in [-0.15, -0.1) is 0 Å². The summed E-state index contributed by atoms with van der Waals surface area (Å²) in [4.78, 5) is 24.5. The average Bonchev–Trinajstić information content (AvgIpc) is 2.87. The predicted molar refractivity (Wildman–Crippen MR) is 100.0 cm³/mol. The van der Waals surface area contributed by atoms with E-state index in [1.807, 2.05) is 24.3 Å². The van der Waals surface area contributed by atoms with Crippen molar-refractivity contribution in [2.45, 2.75) is 9.79 Å². The van der Waals surface area contributed by atoms with Gasteiger partial charge in [-0.05, 0) is 29.8 Å². The normalized spacial score (nSPS) is 15.6. The Labute approximate surface area is 151 Å². The summed E-state index contributed by atoms with van der Waals surface area (Å²) in [5.41, 5.74) is 0.950. The molecule has 0 unspecified atom stereocenters. The lowest BCUT2D eigenvalue weighted by molar-refractivity contribution is -0.384. The first-order chi connectivity index (χ1) is 11.5. The Hall–Kier alpha value is -2.16. The molecule has 2 aromatic carbocycles. The van der Waals surface area contributed by atoms with Crippen molar-refractivity contribution >= 4 is 57.7 Å². The zero-order chi connectivity index (χ0) is 17.1. The maximum Gasteiger partial charge on any atom is 0.269 e. The van der Waals surface area contributed by atoms with E-state index in [9.17, 15) is 14.9 Å². The Kier molecular flexibility index (Phi) is 4.98. The number of thiocarbonyl (C=S) groups is 1. The van der Waals surface area contributed by atoms with Crippen LogP contribution in [0.5, 0.6) is 0 Å². The summed E-state index contributed by atoms with van der Waals surface area (Å²) in [6.07, 6.45) is 1.80. The molecule has 1 N–H and O–H groups in total. The van der Waals surface area contributed by atoms with Crippen molar-refractivity contribution in [3.63, 3.8) is 0 Å². The molecule has 1 fully saturated rings. The third kappa shape index (κ3) is 3.84. The summed E-state index contributed by atoms with van der Waals surface area (Å²) >= 11 is 7.71. The van der Waals surface area contributed by atoms with Crippen LogP contribution in [0, 0.1) is 10.1 Å². The number of nitrogens with one attached hydrogen (secondary N) is 1.